The van der Waals surface area contributed by atoms with E-state index in [1.807, 2.05) is 19.3 Å². The van der Waals surface area contributed by atoms with Crippen LogP contribution in [0, 0.1) is 6.92 Å². The van der Waals surface area contributed by atoms with Crippen LogP contribution in [0.4, 0.5) is 0 Å². The normalized spacial score (nSPS) is 10.7. The second-order valence-electron chi connectivity index (χ2n) is 3.34. The van der Waals surface area contributed by atoms with Crippen LogP contribution >= 0.6 is 0 Å². The van der Waals surface area contributed by atoms with Crippen molar-refractivity contribution >= 4 is 0 Å². The second kappa shape index (κ2) is 4.70. The van der Waals surface area contributed by atoms with Crippen LogP contribution in [-0.2, 0) is 13.1 Å². The first-order valence-corrected chi connectivity index (χ1v) is 4.90. The maximum absolute atomic E-state index is 4.12. The highest BCUT2D eigenvalue weighted by Crippen LogP contribution is 1.94. The molecule has 2 heterocycles. The number of nitrogens with one attached hydrogen (secondary N) is 2. The van der Waals surface area contributed by atoms with E-state index in [0.29, 0.717) is 0 Å². The molecule has 2 rings (SSSR count). The first-order chi connectivity index (χ1) is 7.34. The second-order valence-corrected chi connectivity index (χ2v) is 3.34. The van der Waals surface area contributed by atoms with E-state index in [1.165, 1.54) is 0 Å². The standard InChI is InChI=1S/C9H14N6/c1-8-11-7-9(13-8)6-10-2-4-15-5-3-12-14-15/h3,5,7,10H,2,4,6H2,1H3,(H,11,13). The lowest BCUT2D eigenvalue weighted by atomic mass is 10.4. The zero-order valence-electron chi connectivity index (χ0n) is 8.64. The van der Waals surface area contributed by atoms with Crippen molar-refractivity contribution in [1.82, 2.24) is 30.3 Å². The van der Waals surface area contributed by atoms with E-state index in [2.05, 4.69) is 25.6 Å². The predicted octanol–water partition coefficient (Wildman–Crippen LogP) is 0.0994. The minimum atomic E-state index is 0.801. The van der Waals surface area contributed by atoms with Crippen molar-refractivity contribution in [3.63, 3.8) is 0 Å². The highest BCUT2D eigenvalue weighted by Gasteiger charge is 1.96. The fraction of sp³-hybridized carbons (Fsp3) is 0.444. The Morgan fingerprint density at radius 3 is 3.13 bits per heavy atom. The maximum Gasteiger partial charge on any atom is 0.103 e. The Balaban J connectivity index is 1.67. The van der Waals surface area contributed by atoms with Gasteiger partial charge in [0.05, 0.1) is 12.7 Å². The van der Waals surface area contributed by atoms with Gasteiger partial charge >= 0.3 is 0 Å². The van der Waals surface area contributed by atoms with E-state index in [-0.39, 0.29) is 0 Å². The molecule has 0 amide bonds. The largest absolute Gasteiger partial charge is 0.345 e. The molecule has 0 atom stereocenters. The number of aryl methyl sites for hydroxylation is 1. The van der Waals surface area contributed by atoms with Crippen molar-refractivity contribution in [2.45, 2.75) is 20.0 Å². The molecule has 6 heteroatoms. The molecular formula is C9H14N6. The van der Waals surface area contributed by atoms with E-state index in [4.69, 9.17) is 0 Å². The van der Waals surface area contributed by atoms with Crippen molar-refractivity contribution in [3.8, 4) is 0 Å². The molecule has 15 heavy (non-hydrogen) atoms. The molecule has 0 aliphatic carbocycles. The van der Waals surface area contributed by atoms with Crippen molar-refractivity contribution in [1.29, 1.82) is 0 Å². The van der Waals surface area contributed by atoms with Crippen LogP contribution < -0.4 is 5.32 Å². The fourth-order valence-electron chi connectivity index (χ4n) is 1.33. The summed E-state index contributed by atoms with van der Waals surface area (Å²) in [5.74, 6) is 0.947. The first kappa shape index (κ1) is 9.85. The quantitative estimate of drug-likeness (QED) is 0.681. The molecule has 0 bridgehead atoms. The van der Waals surface area contributed by atoms with Crippen LogP contribution in [0.2, 0.25) is 0 Å². The Kier molecular flexibility index (Phi) is 3.08. The van der Waals surface area contributed by atoms with Gasteiger partial charge in [0.15, 0.2) is 0 Å². The van der Waals surface area contributed by atoms with Crippen LogP contribution in [0.5, 0.6) is 0 Å². The number of aromatic nitrogens is 5. The van der Waals surface area contributed by atoms with E-state index >= 15 is 0 Å². The van der Waals surface area contributed by atoms with E-state index in [1.54, 1.807) is 10.9 Å². The lowest BCUT2D eigenvalue weighted by Gasteiger charge is -2.02. The molecule has 2 aromatic heterocycles. The summed E-state index contributed by atoms with van der Waals surface area (Å²) in [6, 6.07) is 0. The summed E-state index contributed by atoms with van der Waals surface area (Å²) in [7, 11) is 0. The Hall–Kier alpha value is -1.69. The molecule has 0 fully saturated rings. The fourth-order valence-corrected chi connectivity index (χ4v) is 1.33. The van der Waals surface area contributed by atoms with Crippen LogP contribution in [0.3, 0.4) is 0 Å². The van der Waals surface area contributed by atoms with E-state index in [9.17, 15) is 0 Å². The average molecular weight is 206 g/mol. The Bertz CT molecular complexity index is 390. The van der Waals surface area contributed by atoms with Gasteiger partial charge in [-0.05, 0) is 6.92 Å². The summed E-state index contributed by atoms with van der Waals surface area (Å²) in [5.41, 5.74) is 1.10. The summed E-state index contributed by atoms with van der Waals surface area (Å²) in [6.45, 7) is 4.43. The minimum Gasteiger partial charge on any atom is -0.345 e. The van der Waals surface area contributed by atoms with Gasteiger partial charge in [-0.2, -0.15) is 0 Å². The van der Waals surface area contributed by atoms with Gasteiger partial charge < -0.3 is 10.3 Å². The Labute approximate surface area is 87.7 Å². The summed E-state index contributed by atoms with van der Waals surface area (Å²) in [6.07, 6.45) is 5.37. The number of rotatable bonds is 5. The van der Waals surface area contributed by atoms with Gasteiger partial charge in [0, 0.05) is 31.2 Å². The number of hydrogen-bond acceptors (Lipinski definition) is 4. The lowest BCUT2D eigenvalue weighted by Crippen LogP contribution is -2.20. The number of nitrogens with zero attached hydrogens (tertiary/aromatic N) is 4. The zero-order chi connectivity index (χ0) is 10.5. The predicted molar refractivity (Wildman–Crippen MR) is 55.1 cm³/mol. The molecule has 0 spiro atoms. The minimum absolute atomic E-state index is 0.801. The Morgan fingerprint density at radius 1 is 1.53 bits per heavy atom. The van der Waals surface area contributed by atoms with Crippen LogP contribution in [0.1, 0.15) is 11.5 Å². The van der Waals surface area contributed by atoms with Gasteiger partial charge in [-0.25, -0.2) is 4.98 Å². The molecule has 80 valence electrons. The molecule has 0 aromatic carbocycles. The van der Waals surface area contributed by atoms with Crippen molar-refractivity contribution in [2.24, 2.45) is 0 Å². The van der Waals surface area contributed by atoms with E-state index < -0.39 is 0 Å². The molecule has 2 N–H and O–H groups in total. The molecule has 0 unspecified atom stereocenters. The summed E-state index contributed by atoms with van der Waals surface area (Å²) in [4.78, 5) is 7.28. The molecular weight excluding hydrogens is 192 g/mol. The van der Waals surface area contributed by atoms with Gasteiger partial charge in [0.2, 0.25) is 0 Å². The van der Waals surface area contributed by atoms with Crippen LogP contribution in [0.25, 0.3) is 0 Å². The number of aromatic amines is 1. The van der Waals surface area contributed by atoms with Gasteiger partial charge in [-0.1, -0.05) is 5.21 Å². The third-order valence-corrected chi connectivity index (χ3v) is 2.06. The summed E-state index contributed by atoms with van der Waals surface area (Å²) < 4.78 is 1.80. The molecule has 0 saturated heterocycles. The topological polar surface area (TPSA) is 71.4 Å². The zero-order valence-corrected chi connectivity index (χ0v) is 8.64. The van der Waals surface area contributed by atoms with E-state index in [0.717, 1.165) is 31.2 Å². The smallest absolute Gasteiger partial charge is 0.103 e. The number of hydrogen-bond donors (Lipinski definition) is 2. The molecule has 6 nitrogen and oxygen atoms in total. The molecule has 0 aliphatic rings. The average Bonchev–Trinajstić information content (AvgIpc) is 2.84. The molecule has 0 aliphatic heterocycles. The Morgan fingerprint density at radius 2 is 2.47 bits per heavy atom. The highest BCUT2D eigenvalue weighted by molar-refractivity contribution is 4.98. The third-order valence-electron chi connectivity index (χ3n) is 2.06. The van der Waals surface area contributed by atoms with Crippen molar-refractivity contribution in [3.05, 3.63) is 30.1 Å². The van der Waals surface area contributed by atoms with Gasteiger partial charge in [-0.3, -0.25) is 4.68 Å². The monoisotopic (exact) mass is 206 g/mol. The third kappa shape index (κ3) is 2.88. The molecule has 0 saturated carbocycles. The lowest BCUT2D eigenvalue weighted by molar-refractivity contribution is 0.538. The van der Waals surface area contributed by atoms with Crippen LogP contribution in [-0.4, -0.2) is 31.5 Å². The van der Waals surface area contributed by atoms with Crippen LogP contribution in [0.15, 0.2) is 18.6 Å². The molecule has 0 radical (unpaired) electrons. The van der Waals surface area contributed by atoms with Gasteiger partial charge in [0.1, 0.15) is 5.82 Å². The first-order valence-electron chi connectivity index (χ1n) is 4.90. The molecule has 2 aromatic rings. The SMILES string of the molecule is Cc1ncc(CNCCn2ccnn2)[nH]1. The van der Waals surface area contributed by atoms with Gasteiger partial charge in [-0.15, -0.1) is 5.10 Å². The number of imidazole rings is 1. The highest BCUT2D eigenvalue weighted by atomic mass is 15.4. The van der Waals surface area contributed by atoms with Crippen molar-refractivity contribution in [2.75, 3.05) is 6.54 Å². The van der Waals surface area contributed by atoms with Gasteiger partial charge in [0.25, 0.3) is 0 Å². The summed E-state index contributed by atoms with van der Waals surface area (Å²) in [5, 5.41) is 10.9. The summed E-state index contributed by atoms with van der Waals surface area (Å²) >= 11 is 0. The number of H-pyrrole nitrogens is 1. The maximum atomic E-state index is 4.12. The van der Waals surface area contributed by atoms with Crippen molar-refractivity contribution < 1.29 is 0 Å².